The maximum atomic E-state index is 12.2. The van der Waals surface area contributed by atoms with Crippen LogP contribution in [0.2, 0.25) is 0 Å². The molecule has 0 aliphatic rings. The molecule has 0 radical (unpaired) electrons. The van der Waals surface area contributed by atoms with Crippen molar-refractivity contribution in [1.82, 2.24) is 10.2 Å². The Morgan fingerprint density at radius 2 is 1.97 bits per heavy atom. The van der Waals surface area contributed by atoms with Gasteiger partial charge in [0.15, 0.2) is 10.1 Å². The molecule has 2 aromatic heterocycles. The highest BCUT2D eigenvalue weighted by Gasteiger charge is 2.16. The van der Waals surface area contributed by atoms with Gasteiger partial charge in [0, 0.05) is 0 Å². The summed E-state index contributed by atoms with van der Waals surface area (Å²) in [4.78, 5) is 36.1. The molecule has 3 aromatic rings. The molecule has 2 N–H and O–H groups in total. The van der Waals surface area contributed by atoms with Crippen LogP contribution < -0.4 is 10.6 Å². The second-order valence-electron chi connectivity index (χ2n) is 5.41. The Bertz CT molecular complexity index is 1000. The van der Waals surface area contributed by atoms with Crippen molar-refractivity contribution in [3.8, 4) is 0 Å². The van der Waals surface area contributed by atoms with Crippen LogP contribution in [0, 0.1) is 0 Å². The van der Waals surface area contributed by atoms with E-state index < -0.39 is 11.9 Å². The molecule has 1 aromatic carbocycles. The summed E-state index contributed by atoms with van der Waals surface area (Å²) in [6, 6.07) is 9.75. The van der Waals surface area contributed by atoms with Crippen molar-refractivity contribution in [2.75, 3.05) is 23.0 Å². The van der Waals surface area contributed by atoms with Gasteiger partial charge < -0.3 is 14.5 Å². The Labute approximate surface area is 173 Å². The normalized spacial score (nSPS) is 10.4. The first-order valence-electron chi connectivity index (χ1n) is 8.44. The van der Waals surface area contributed by atoms with Crippen LogP contribution in [-0.4, -0.2) is 40.3 Å². The van der Waals surface area contributed by atoms with Crippen LogP contribution in [0.15, 0.2) is 51.4 Å². The van der Waals surface area contributed by atoms with E-state index in [0.717, 1.165) is 23.1 Å². The van der Waals surface area contributed by atoms with E-state index in [-0.39, 0.29) is 29.6 Å². The summed E-state index contributed by atoms with van der Waals surface area (Å²) in [5.74, 6) is -1.04. The van der Waals surface area contributed by atoms with E-state index in [9.17, 15) is 14.4 Å². The highest BCUT2D eigenvalue weighted by Crippen LogP contribution is 2.26. The van der Waals surface area contributed by atoms with Crippen LogP contribution in [0.4, 0.5) is 10.8 Å². The third kappa shape index (κ3) is 5.65. The Morgan fingerprint density at radius 3 is 2.72 bits per heavy atom. The molecule has 0 bridgehead atoms. The van der Waals surface area contributed by atoms with Crippen LogP contribution in [0.1, 0.15) is 27.8 Å². The summed E-state index contributed by atoms with van der Waals surface area (Å²) in [5, 5.41) is 13.4. The number of para-hydroxylation sites is 1. The number of aromatic nitrogens is 2. The van der Waals surface area contributed by atoms with E-state index in [1.54, 1.807) is 37.3 Å². The Kier molecular flexibility index (Phi) is 6.98. The van der Waals surface area contributed by atoms with Gasteiger partial charge in [-0.05, 0) is 31.2 Å². The molecular weight excluding hydrogens is 416 g/mol. The lowest BCUT2D eigenvalue weighted by atomic mass is 10.2. The highest BCUT2D eigenvalue weighted by atomic mass is 32.2. The van der Waals surface area contributed by atoms with Crippen molar-refractivity contribution < 1.29 is 23.5 Å². The molecule has 9 nitrogen and oxygen atoms in total. The van der Waals surface area contributed by atoms with Gasteiger partial charge in [-0.15, -0.1) is 10.2 Å². The number of thioether (sulfide) groups is 1. The quantitative estimate of drug-likeness (QED) is 0.316. The number of furan rings is 1. The van der Waals surface area contributed by atoms with Crippen LogP contribution in [0.25, 0.3) is 0 Å². The van der Waals surface area contributed by atoms with E-state index in [4.69, 9.17) is 9.15 Å². The fraction of sp³-hybridized carbons (Fsp3) is 0.167. The first-order valence-corrected chi connectivity index (χ1v) is 10.2. The molecule has 0 atom stereocenters. The standard InChI is InChI=1S/C18H16N4O5S2/c1-2-26-16(25)11-6-3-4-7-12(11)19-14(23)10-28-18-22-21-17(29-18)20-15(24)13-8-5-9-27-13/h3-9H,2,10H2,1H3,(H,19,23)(H,20,21,24). The summed E-state index contributed by atoms with van der Waals surface area (Å²) >= 11 is 2.29. The van der Waals surface area contributed by atoms with Gasteiger partial charge in [-0.1, -0.05) is 35.2 Å². The minimum Gasteiger partial charge on any atom is -0.462 e. The molecule has 0 saturated carbocycles. The fourth-order valence-corrected chi connectivity index (χ4v) is 3.72. The molecule has 29 heavy (non-hydrogen) atoms. The first kappa shape index (κ1) is 20.6. The van der Waals surface area contributed by atoms with Gasteiger partial charge in [-0.2, -0.15) is 0 Å². The predicted molar refractivity (Wildman–Crippen MR) is 108 cm³/mol. The van der Waals surface area contributed by atoms with Gasteiger partial charge in [0.25, 0.3) is 5.91 Å². The zero-order chi connectivity index (χ0) is 20.6. The molecule has 3 rings (SSSR count). The molecule has 2 heterocycles. The average molecular weight is 432 g/mol. The SMILES string of the molecule is CCOC(=O)c1ccccc1NC(=O)CSc1nnc(NC(=O)c2ccco2)s1. The lowest BCUT2D eigenvalue weighted by Gasteiger charge is -2.09. The number of amides is 2. The monoisotopic (exact) mass is 432 g/mol. The number of esters is 1. The maximum Gasteiger partial charge on any atom is 0.340 e. The molecule has 150 valence electrons. The van der Waals surface area contributed by atoms with E-state index in [2.05, 4.69) is 20.8 Å². The number of carbonyl (C=O) groups is 3. The lowest BCUT2D eigenvalue weighted by Crippen LogP contribution is -2.17. The minimum atomic E-state index is -0.503. The number of benzene rings is 1. The number of carbonyl (C=O) groups excluding carboxylic acids is 3. The van der Waals surface area contributed by atoms with Gasteiger partial charge in [0.05, 0.1) is 29.9 Å². The van der Waals surface area contributed by atoms with Crippen molar-refractivity contribution in [3.05, 3.63) is 54.0 Å². The molecule has 0 fully saturated rings. The number of anilines is 2. The van der Waals surface area contributed by atoms with E-state index in [1.807, 2.05) is 0 Å². The van der Waals surface area contributed by atoms with Gasteiger partial charge in [0.2, 0.25) is 11.0 Å². The zero-order valence-corrected chi connectivity index (χ0v) is 16.8. The second-order valence-corrected chi connectivity index (χ2v) is 7.61. The van der Waals surface area contributed by atoms with E-state index in [0.29, 0.717) is 15.2 Å². The van der Waals surface area contributed by atoms with Crippen molar-refractivity contribution in [3.63, 3.8) is 0 Å². The summed E-state index contributed by atoms with van der Waals surface area (Å²) in [5.41, 5.74) is 0.659. The molecule has 0 aliphatic carbocycles. The van der Waals surface area contributed by atoms with Crippen LogP contribution in [0.3, 0.4) is 0 Å². The average Bonchev–Trinajstić information content (AvgIpc) is 3.39. The highest BCUT2D eigenvalue weighted by molar-refractivity contribution is 8.01. The van der Waals surface area contributed by atoms with Gasteiger partial charge in [-0.3, -0.25) is 14.9 Å². The summed E-state index contributed by atoms with van der Waals surface area (Å²) in [7, 11) is 0. The van der Waals surface area contributed by atoms with E-state index >= 15 is 0 Å². The van der Waals surface area contributed by atoms with Crippen molar-refractivity contribution >= 4 is 51.7 Å². The first-order chi connectivity index (χ1) is 14.1. The summed E-state index contributed by atoms with van der Waals surface area (Å²) in [6.07, 6.45) is 1.40. The summed E-state index contributed by atoms with van der Waals surface area (Å²) < 4.78 is 10.5. The summed E-state index contributed by atoms with van der Waals surface area (Å²) in [6.45, 7) is 1.95. The largest absolute Gasteiger partial charge is 0.462 e. The van der Waals surface area contributed by atoms with Crippen LogP contribution >= 0.6 is 23.1 Å². The third-order valence-electron chi connectivity index (χ3n) is 3.40. The minimum absolute atomic E-state index is 0.0535. The van der Waals surface area contributed by atoms with Gasteiger partial charge in [-0.25, -0.2) is 4.79 Å². The zero-order valence-electron chi connectivity index (χ0n) is 15.2. The van der Waals surface area contributed by atoms with E-state index in [1.165, 1.54) is 12.3 Å². The number of ether oxygens (including phenoxy) is 1. The fourth-order valence-electron chi connectivity index (χ4n) is 2.18. The van der Waals surface area contributed by atoms with Crippen molar-refractivity contribution in [2.24, 2.45) is 0 Å². The molecule has 0 unspecified atom stereocenters. The lowest BCUT2D eigenvalue weighted by molar-refractivity contribution is -0.113. The number of hydrogen-bond acceptors (Lipinski definition) is 9. The number of nitrogens with one attached hydrogen (secondary N) is 2. The number of rotatable bonds is 8. The van der Waals surface area contributed by atoms with Crippen molar-refractivity contribution in [1.29, 1.82) is 0 Å². The van der Waals surface area contributed by atoms with Crippen molar-refractivity contribution in [2.45, 2.75) is 11.3 Å². The third-order valence-corrected chi connectivity index (χ3v) is 5.37. The molecule has 0 aliphatic heterocycles. The number of nitrogens with zero attached hydrogens (tertiary/aromatic N) is 2. The van der Waals surface area contributed by atoms with Gasteiger partial charge >= 0.3 is 5.97 Å². The Balaban J connectivity index is 1.53. The predicted octanol–water partition coefficient (Wildman–Crippen LogP) is 3.29. The topological polar surface area (TPSA) is 123 Å². The second kappa shape index (κ2) is 9.85. The van der Waals surface area contributed by atoms with Gasteiger partial charge in [0.1, 0.15) is 0 Å². The molecule has 0 saturated heterocycles. The molecule has 11 heteroatoms. The smallest absolute Gasteiger partial charge is 0.340 e. The molecule has 0 spiro atoms. The Hall–Kier alpha value is -3.18. The Morgan fingerprint density at radius 1 is 1.14 bits per heavy atom. The van der Waals surface area contributed by atoms with Crippen LogP contribution in [0.5, 0.6) is 0 Å². The molecule has 2 amide bonds. The number of hydrogen-bond donors (Lipinski definition) is 2. The maximum absolute atomic E-state index is 12.2. The molecular formula is C18H16N4O5S2. The van der Waals surface area contributed by atoms with Crippen LogP contribution in [-0.2, 0) is 9.53 Å².